The summed E-state index contributed by atoms with van der Waals surface area (Å²) in [5.74, 6) is -0.0666. The van der Waals surface area contributed by atoms with E-state index in [1.165, 1.54) is 11.1 Å². The molecule has 0 amide bonds. The molecule has 0 bridgehead atoms. The Labute approximate surface area is 153 Å². The van der Waals surface area contributed by atoms with Crippen LogP contribution in [-0.4, -0.2) is 14.6 Å². The first kappa shape index (κ1) is 16.5. The Morgan fingerprint density at radius 1 is 0.846 bits per heavy atom. The Bertz CT molecular complexity index is 1040. The minimum Gasteiger partial charge on any atom is -0.200 e. The maximum atomic E-state index is 12.4. The molecule has 130 valence electrons. The molecular formula is C21H18N2O2S. The smallest absolute Gasteiger partial charge is 0.200 e. The first-order valence-corrected chi connectivity index (χ1v) is 9.84. The van der Waals surface area contributed by atoms with E-state index < -0.39 is 10.0 Å². The van der Waals surface area contributed by atoms with E-state index in [1.54, 1.807) is 30.5 Å². The highest BCUT2D eigenvalue weighted by Crippen LogP contribution is 2.43. The van der Waals surface area contributed by atoms with E-state index in [2.05, 4.69) is 34.2 Å². The van der Waals surface area contributed by atoms with Crippen molar-refractivity contribution < 1.29 is 8.42 Å². The van der Waals surface area contributed by atoms with Crippen LogP contribution in [0.15, 0.2) is 82.8 Å². The number of nitrogens with zero attached hydrogens (tertiary/aromatic N) is 1. The Hall–Kier alpha value is -2.92. The SMILES string of the molecule is Cc1ccc(S(=O)(=O)N/N=C/C2c3ccccc3-c3ccccc32)cc1. The van der Waals surface area contributed by atoms with Crippen LogP contribution in [0.25, 0.3) is 11.1 Å². The van der Waals surface area contributed by atoms with Crippen molar-refractivity contribution in [1.29, 1.82) is 0 Å². The molecule has 0 saturated heterocycles. The van der Waals surface area contributed by atoms with Gasteiger partial charge < -0.3 is 0 Å². The van der Waals surface area contributed by atoms with Crippen LogP contribution in [0.5, 0.6) is 0 Å². The van der Waals surface area contributed by atoms with E-state index in [0.29, 0.717) is 0 Å². The molecule has 4 nitrogen and oxygen atoms in total. The van der Waals surface area contributed by atoms with E-state index in [0.717, 1.165) is 16.7 Å². The summed E-state index contributed by atoms with van der Waals surface area (Å²) in [6.45, 7) is 1.91. The van der Waals surface area contributed by atoms with Gasteiger partial charge in [0.15, 0.2) is 0 Å². The predicted molar refractivity (Wildman–Crippen MR) is 104 cm³/mol. The van der Waals surface area contributed by atoms with Crippen molar-refractivity contribution in [2.45, 2.75) is 17.7 Å². The third-order valence-electron chi connectivity index (χ3n) is 4.61. The lowest BCUT2D eigenvalue weighted by molar-refractivity contribution is 0.584. The second kappa shape index (κ2) is 6.42. The van der Waals surface area contributed by atoms with Crippen LogP contribution in [-0.2, 0) is 10.0 Å². The van der Waals surface area contributed by atoms with Gasteiger partial charge in [0.05, 0.1) is 4.90 Å². The number of fused-ring (bicyclic) bond motifs is 3. The van der Waals surface area contributed by atoms with Gasteiger partial charge >= 0.3 is 0 Å². The van der Waals surface area contributed by atoms with E-state index in [4.69, 9.17) is 0 Å². The van der Waals surface area contributed by atoms with Crippen LogP contribution in [0.1, 0.15) is 22.6 Å². The fourth-order valence-electron chi connectivity index (χ4n) is 3.30. The standard InChI is InChI=1S/C21H18N2O2S/c1-15-10-12-16(13-11-15)26(24,25)23-22-14-21-19-8-4-2-6-17(19)18-7-3-5-9-20(18)21/h2-14,21,23H,1H3/b22-14+. The van der Waals surface area contributed by atoms with Crippen LogP contribution in [0, 0.1) is 6.92 Å². The van der Waals surface area contributed by atoms with Crippen molar-refractivity contribution >= 4 is 16.2 Å². The molecule has 0 aliphatic heterocycles. The van der Waals surface area contributed by atoms with Gasteiger partial charge in [-0.1, -0.05) is 66.2 Å². The van der Waals surface area contributed by atoms with Crippen molar-refractivity contribution in [2.24, 2.45) is 5.10 Å². The van der Waals surface area contributed by atoms with Gasteiger partial charge in [-0.15, -0.1) is 0 Å². The highest BCUT2D eigenvalue weighted by molar-refractivity contribution is 7.89. The summed E-state index contributed by atoms with van der Waals surface area (Å²) < 4.78 is 24.8. The Morgan fingerprint density at radius 2 is 1.38 bits per heavy atom. The fourth-order valence-corrected chi connectivity index (χ4v) is 4.10. The molecular weight excluding hydrogens is 344 g/mol. The van der Waals surface area contributed by atoms with Crippen LogP contribution in [0.4, 0.5) is 0 Å². The summed E-state index contributed by atoms with van der Waals surface area (Å²) in [7, 11) is -3.67. The van der Waals surface area contributed by atoms with E-state index >= 15 is 0 Å². The van der Waals surface area contributed by atoms with Crippen molar-refractivity contribution in [3.8, 4) is 11.1 Å². The molecule has 26 heavy (non-hydrogen) atoms. The Morgan fingerprint density at radius 3 is 1.96 bits per heavy atom. The molecule has 3 aromatic carbocycles. The number of rotatable bonds is 4. The van der Waals surface area contributed by atoms with Crippen molar-refractivity contribution in [2.75, 3.05) is 0 Å². The molecule has 5 heteroatoms. The second-order valence-electron chi connectivity index (χ2n) is 6.34. The largest absolute Gasteiger partial charge is 0.276 e. The average molecular weight is 362 g/mol. The average Bonchev–Trinajstić information content (AvgIpc) is 2.97. The number of hydrogen-bond donors (Lipinski definition) is 1. The third kappa shape index (κ3) is 2.91. The number of aryl methyl sites for hydroxylation is 1. The maximum Gasteiger partial charge on any atom is 0.276 e. The topological polar surface area (TPSA) is 58.5 Å². The molecule has 0 heterocycles. The number of sulfonamides is 1. The first-order chi connectivity index (χ1) is 12.6. The minimum atomic E-state index is -3.67. The molecule has 3 aromatic rings. The normalized spacial score (nSPS) is 13.6. The number of hydrazone groups is 1. The van der Waals surface area contributed by atoms with Crippen LogP contribution < -0.4 is 4.83 Å². The zero-order valence-electron chi connectivity index (χ0n) is 14.3. The van der Waals surface area contributed by atoms with Gasteiger partial charge in [-0.2, -0.15) is 13.5 Å². The Kier molecular flexibility index (Phi) is 4.09. The quantitative estimate of drug-likeness (QED) is 0.562. The summed E-state index contributed by atoms with van der Waals surface area (Å²) in [5, 5.41) is 4.06. The molecule has 1 aliphatic rings. The molecule has 0 aromatic heterocycles. The number of nitrogens with one attached hydrogen (secondary N) is 1. The van der Waals surface area contributed by atoms with Gasteiger partial charge in [0.1, 0.15) is 0 Å². The first-order valence-electron chi connectivity index (χ1n) is 8.36. The van der Waals surface area contributed by atoms with E-state index in [1.807, 2.05) is 31.2 Å². The van der Waals surface area contributed by atoms with Gasteiger partial charge in [-0.3, -0.25) is 0 Å². The number of hydrogen-bond acceptors (Lipinski definition) is 3. The molecule has 0 saturated carbocycles. The van der Waals surface area contributed by atoms with Crippen molar-refractivity contribution in [1.82, 2.24) is 4.83 Å². The molecule has 1 aliphatic carbocycles. The lowest BCUT2D eigenvalue weighted by Gasteiger charge is -2.08. The lowest BCUT2D eigenvalue weighted by atomic mass is 9.99. The second-order valence-corrected chi connectivity index (χ2v) is 8.00. The van der Waals surface area contributed by atoms with E-state index in [-0.39, 0.29) is 10.8 Å². The van der Waals surface area contributed by atoms with Crippen LogP contribution >= 0.6 is 0 Å². The van der Waals surface area contributed by atoms with Gasteiger partial charge in [0.2, 0.25) is 0 Å². The molecule has 1 N–H and O–H groups in total. The van der Waals surface area contributed by atoms with Gasteiger partial charge in [-0.05, 0) is 41.3 Å². The zero-order valence-corrected chi connectivity index (χ0v) is 15.1. The zero-order chi connectivity index (χ0) is 18.1. The van der Waals surface area contributed by atoms with Gasteiger partial charge in [-0.25, -0.2) is 4.83 Å². The molecule has 0 spiro atoms. The molecule has 0 radical (unpaired) electrons. The molecule has 4 rings (SSSR count). The fraction of sp³-hybridized carbons (Fsp3) is 0.0952. The van der Waals surface area contributed by atoms with Crippen molar-refractivity contribution in [3.05, 3.63) is 89.5 Å². The number of benzene rings is 3. The van der Waals surface area contributed by atoms with Gasteiger partial charge in [0.25, 0.3) is 10.0 Å². The summed E-state index contributed by atoms with van der Waals surface area (Å²) in [4.78, 5) is 2.53. The highest BCUT2D eigenvalue weighted by Gasteiger charge is 2.26. The molecule has 0 unspecified atom stereocenters. The summed E-state index contributed by atoms with van der Waals surface area (Å²) in [6, 6.07) is 23.0. The Balaban J connectivity index is 1.62. The summed E-state index contributed by atoms with van der Waals surface area (Å²) >= 11 is 0. The molecule has 0 atom stereocenters. The maximum absolute atomic E-state index is 12.4. The monoisotopic (exact) mass is 362 g/mol. The highest BCUT2D eigenvalue weighted by atomic mass is 32.2. The van der Waals surface area contributed by atoms with Crippen molar-refractivity contribution in [3.63, 3.8) is 0 Å². The molecule has 0 fully saturated rings. The minimum absolute atomic E-state index is 0.0666. The van der Waals surface area contributed by atoms with Crippen LogP contribution in [0.2, 0.25) is 0 Å². The van der Waals surface area contributed by atoms with E-state index in [9.17, 15) is 8.42 Å². The third-order valence-corrected chi connectivity index (χ3v) is 5.85. The summed E-state index contributed by atoms with van der Waals surface area (Å²) in [6.07, 6.45) is 1.66. The summed E-state index contributed by atoms with van der Waals surface area (Å²) in [5.41, 5.74) is 5.60. The predicted octanol–water partition coefficient (Wildman–Crippen LogP) is 4.07. The lowest BCUT2D eigenvalue weighted by Crippen LogP contribution is -2.19. The van der Waals surface area contributed by atoms with Crippen LogP contribution in [0.3, 0.4) is 0 Å². The van der Waals surface area contributed by atoms with Gasteiger partial charge in [0, 0.05) is 12.1 Å².